The van der Waals surface area contributed by atoms with Gasteiger partial charge in [0.05, 0.1) is 24.8 Å². The molecule has 2 saturated heterocycles. The number of Topliss-reactive ketones (excluding diaryl/α,β-unsaturated/α-hetero) is 1. The number of benzene rings is 2. The second-order valence-electron chi connectivity index (χ2n) is 8.29. The molecule has 0 radical (unpaired) electrons. The van der Waals surface area contributed by atoms with Crippen molar-refractivity contribution in [3.05, 3.63) is 76.1 Å². The van der Waals surface area contributed by atoms with E-state index in [0.717, 1.165) is 24.2 Å². The molecule has 32 heavy (non-hydrogen) atoms. The van der Waals surface area contributed by atoms with Gasteiger partial charge in [-0.15, -0.1) is 0 Å². The predicted molar refractivity (Wildman–Crippen MR) is 119 cm³/mol. The summed E-state index contributed by atoms with van der Waals surface area (Å²) in [5.41, 5.74) is 2.26. The molecule has 7 heteroatoms. The topological polar surface area (TPSA) is 70.1 Å². The van der Waals surface area contributed by atoms with Gasteiger partial charge in [0.1, 0.15) is 11.6 Å². The molecule has 0 spiro atoms. The van der Waals surface area contributed by atoms with Crippen LogP contribution >= 0.6 is 0 Å². The molecular weight excluding hydrogens is 411 g/mol. The van der Waals surface area contributed by atoms with Crippen molar-refractivity contribution in [2.45, 2.75) is 19.9 Å². The summed E-state index contributed by atoms with van der Waals surface area (Å²) in [5.74, 6) is -2.31. The normalized spacial score (nSPS) is 21.3. The van der Waals surface area contributed by atoms with Crippen molar-refractivity contribution in [2.24, 2.45) is 0 Å². The van der Waals surface area contributed by atoms with E-state index in [1.165, 1.54) is 11.0 Å². The molecule has 0 aromatic heterocycles. The molecule has 0 saturated carbocycles. The van der Waals surface area contributed by atoms with Crippen LogP contribution in [0.1, 0.15) is 28.3 Å². The summed E-state index contributed by atoms with van der Waals surface area (Å²) in [7, 11) is 0. The van der Waals surface area contributed by atoms with E-state index >= 15 is 0 Å². The highest BCUT2D eigenvalue weighted by molar-refractivity contribution is 6.46. The van der Waals surface area contributed by atoms with Crippen molar-refractivity contribution in [1.82, 2.24) is 9.80 Å². The molecule has 2 heterocycles. The summed E-state index contributed by atoms with van der Waals surface area (Å²) in [6, 6.07) is 10.6. The van der Waals surface area contributed by atoms with Crippen LogP contribution in [-0.4, -0.2) is 66.0 Å². The van der Waals surface area contributed by atoms with Gasteiger partial charge in [0.15, 0.2) is 0 Å². The Labute approximate surface area is 186 Å². The van der Waals surface area contributed by atoms with Crippen molar-refractivity contribution in [3.63, 3.8) is 0 Å². The summed E-state index contributed by atoms with van der Waals surface area (Å²) >= 11 is 0. The van der Waals surface area contributed by atoms with Crippen LogP contribution in [0.2, 0.25) is 0 Å². The lowest BCUT2D eigenvalue weighted by Gasteiger charge is -2.31. The number of hydrogen-bond donors (Lipinski definition) is 1. The van der Waals surface area contributed by atoms with E-state index in [9.17, 15) is 19.1 Å². The van der Waals surface area contributed by atoms with Gasteiger partial charge >= 0.3 is 0 Å². The fourth-order valence-electron chi connectivity index (χ4n) is 4.34. The van der Waals surface area contributed by atoms with E-state index in [0.29, 0.717) is 25.3 Å². The Bertz CT molecular complexity index is 1080. The summed E-state index contributed by atoms with van der Waals surface area (Å²) in [5, 5.41) is 11.2. The van der Waals surface area contributed by atoms with Crippen molar-refractivity contribution >= 4 is 17.4 Å². The van der Waals surface area contributed by atoms with Gasteiger partial charge in [-0.3, -0.25) is 14.5 Å². The number of nitrogens with zero attached hydrogens (tertiary/aromatic N) is 2. The number of carbonyl (C=O) groups is 2. The number of aliphatic hydroxyl groups excluding tert-OH is 1. The third-order valence-corrected chi connectivity index (χ3v) is 6.15. The van der Waals surface area contributed by atoms with E-state index in [1.807, 2.05) is 26.0 Å². The number of aliphatic hydroxyl groups is 1. The van der Waals surface area contributed by atoms with Crippen LogP contribution in [0, 0.1) is 19.7 Å². The molecule has 1 atom stereocenters. The lowest BCUT2D eigenvalue weighted by Crippen LogP contribution is -2.42. The summed E-state index contributed by atoms with van der Waals surface area (Å²) in [4.78, 5) is 29.7. The first-order valence-corrected chi connectivity index (χ1v) is 10.8. The van der Waals surface area contributed by atoms with Gasteiger partial charge in [-0.25, -0.2) is 4.39 Å². The number of hydrogen-bond acceptors (Lipinski definition) is 5. The Morgan fingerprint density at radius 1 is 1.09 bits per heavy atom. The molecule has 0 bridgehead atoms. The molecule has 2 aromatic carbocycles. The smallest absolute Gasteiger partial charge is 0.295 e. The lowest BCUT2D eigenvalue weighted by molar-refractivity contribution is -0.140. The first kappa shape index (κ1) is 22.2. The van der Waals surface area contributed by atoms with Crippen LogP contribution in [0.3, 0.4) is 0 Å². The van der Waals surface area contributed by atoms with E-state index in [-0.39, 0.29) is 23.4 Å². The van der Waals surface area contributed by atoms with Crippen LogP contribution in [-0.2, 0) is 14.3 Å². The molecule has 168 valence electrons. The van der Waals surface area contributed by atoms with Crippen molar-refractivity contribution in [2.75, 3.05) is 39.4 Å². The van der Waals surface area contributed by atoms with Crippen molar-refractivity contribution in [3.8, 4) is 0 Å². The van der Waals surface area contributed by atoms with Crippen LogP contribution in [0.15, 0.2) is 48.0 Å². The Balaban J connectivity index is 1.79. The first-order chi connectivity index (χ1) is 15.4. The van der Waals surface area contributed by atoms with E-state index in [4.69, 9.17) is 4.74 Å². The SMILES string of the molecule is Cc1ccc(C)c(/C(O)=C2\C(=O)C(=O)N(CCN3CCOCC3)C2c2ccccc2F)c1. The predicted octanol–water partition coefficient (Wildman–Crippen LogP) is 3.20. The molecule has 2 aromatic rings. The van der Waals surface area contributed by atoms with Gasteiger partial charge in [0.2, 0.25) is 0 Å². The van der Waals surface area contributed by atoms with Gasteiger partial charge < -0.3 is 14.7 Å². The molecule has 2 aliphatic heterocycles. The third-order valence-electron chi connectivity index (χ3n) is 6.15. The highest BCUT2D eigenvalue weighted by atomic mass is 19.1. The third kappa shape index (κ3) is 4.18. The maximum atomic E-state index is 14.9. The van der Waals surface area contributed by atoms with Gasteiger partial charge in [-0.1, -0.05) is 35.9 Å². The van der Waals surface area contributed by atoms with E-state index in [2.05, 4.69) is 4.90 Å². The second-order valence-corrected chi connectivity index (χ2v) is 8.29. The lowest BCUT2D eigenvalue weighted by atomic mass is 9.93. The number of aryl methyl sites for hydroxylation is 2. The van der Waals surface area contributed by atoms with E-state index in [1.54, 1.807) is 24.3 Å². The van der Waals surface area contributed by atoms with E-state index < -0.39 is 23.5 Å². The Hall–Kier alpha value is -3.03. The number of halogens is 1. The second kappa shape index (κ2) is 9.22. The number of carbonyl (C=O) groups excluding carboxylic acids is 2. The molecule has 1 unspecified atom stereocenters. The highest BCUT2D eigenvalue weighted by Gasteiger charge is 2.47. The maximum Gasteiger partial charge on any atom is 0.295 e. The Kier molecular flexibility index (Phi) is 6.39. The fourth-order valence-corrected chi connectivity index (χ4v) is 4.34. The first-order valence-electron chi connectivity index (χ1n) is 10.8. The standard InChI is InChI=1S/C25H27FN2O4/c1-16-7-8-17(2)19(15-16)23(29)21-22(18-5-3-4-6-20(18)26)28(25(31)24(21)30)10-9-27-11-13-32-14-12-27/h3-8,15,22,29H,9-14H2,1-2H3/b23-21+. The molecule has 2 aliphatic rings. The molecule has 1 N–H and O–H groups in total. The van der Waals surface area contributed by atoms with Crippen LogP contribution < -0.4 is 0 Å². The fraction of sp³-hybridized carbons (Fsp3) is 0.360. The summed E-state index contributed by atoms with van der Waals surface area (Å²) < 4.78 is 20.2. The summed E-state index contributed by atoms with van der Waals surface area (Å²) in [6.07, 6.45) is 0. The number of amides is 1. The van der Waals surface area contributed by atoms with Crippen LogP contribution in [0.4, 0.5) is 4.39 Å². The highest BCUT2D eigenvalue weighted by Crippen LogP contribution is 2.40. The van der Waals surface area contributed by atoms with Gasteiger partial charge in [-0.05, 0) is 31.5 Å². The zero-order chi connectivity index (χ0) is 22.8. The number of likely N-dealkylation sites (tertiary alicyclic amines) is 1. The van der Waals surface area contributed by atoms with Gasteiger partial charge in [0, 0.05) is 37.3 Å². The quantitative estimate of drug-likeness (QED) is 0.441. The number of morpholine rings is 1. The minimum atomic E-state index is -0.989. The Morgan fingerprint density at radius 3 is 2.53 bits per heavy atom. The average molecular weight is 438 g/mol. The monoisotopic (exact) mass is 438 g/mol. The minimum Gasteiger partial charge on any atom is -0.507 e. The summed E-state index contributed by atoms with van der Waals surface area (Å²) in [6.45, 7) is 7.17. The van der Waals surface area contributed by atoms with Crippen LogP contribution in [0.5, 0.6) is 0 Å². The zero-order valence-corrected chi connectivity index (χ0v) is 18.3. The minimum absolute atomic E-state index is 0.0734. The number of ketones is 1. The average Bonchev–Trinajstić information content (AvgIpc) is 3.04. The molecule has 4 rings (SSSR count). The molecule has 1 amide bonds. The Morgan fingerprint density at radius 2 is 1.81 bits per heavy atom. The number of rotatable bonds is 5. The van der Waals surface area contributed by atoms with Crippen molar-refractivity contribution in [1.29, 1.82) is 0 Å². The molecule has 2 fully saturated rings. The van der Waals surface area contributed by atoms with Gasteiger partial charge in [0.25, 0.3) is 11.7 Å². The number of ether oxygens (including phenoxy) is 1. The van der Waals surface area contributed by atoms with Crippen LogP contribution in [0.25, 0.3) is 5.76 Å². The molecule has 6 nitrogen and oxygen atoms in total. The largest absolute Gasteiger partial charge is 0.507 e. The molecular formula is C25H27FN2O4. The molecule has 0 aliphatic carbocycles. The van der Waals surface area contributed by atoms with Crippen molar-refractivity contribution < 1.29 is 23.8 Å². The van der Waals surface area contributed by atoms with Gasteiger partial charge in [-0.2, -0.15) is 0 Å². The zero-order valence-electron chi connectivity index (χ0n) is 18.3. The maximum absolute atomic E-state index is 14.9.